The minimum absolute atomic E-state index is 0.363. The van der Waals surface area contributed by atoms with Gasteiger partial charge in [0.2, 0.25) is 5.88 Å². The molecule has 0 amide bonds. The molecule has 4 nitrogen and oxygen atoms in total. The van der Waals surface area contributed by atoms with Crippen LogP contribution in [-0.2, 0) is 4.79 Å². The highest BCUT2D eigenvalue weighted by Gasteiger charge is 2.04. The van der Waals surface area contributed by atoms with Crippen molar-refractivity contribution in [2.45, 2.75) is 0 Å². The maximum Gasteiger partial charge on any atom is 0.328 e. The van der Waals surface area contributed by atoms with Gasteiger partial charge in [-0.25, -0.2) is 9.78 Å². The lowest BCUT2D eigenvalue weighted by molar-refractivity contribution is -0.131. The van der Waals surface area contributed by atoms with Gasteiger partial charge in [0.05, 0.1) is 0 Å². The highest BCUT2D eigenvalue weighted by atomic mass is 79.9. The van der Waals surface area contributed by atoms with Crippen molar-refractivity contribution in [3.05, 3.63) is 58.7 Å². The zero-order valence-corrected chi connectivity index (χ0v) is 11.4. The molecule has 2 aromatic rings. The third-order valence-electron chi connectivity index (χ3n) is 2.23. The maximum absolute atomic E-state index is 10.5. The van der Waals surface area contributed by atoms with E-state index in [-0.39, 0.29) is 0 Å². The van der Waals surface area contributed by atoms with Gasteiger partial charge in [-0.1, -0.05) is 15.9 Å². The second-order valence-electron chi connectivity index (χ2n) is 3.63. The maximum atomic E-state index is 10.5. The highest BCUT2D eigenvalue weighted by Crippen LogP contribution is 2.25. The fourth-order valence-electron chi connectivity index (χ4n) is 1.39. The molecule has 0 aliphatic carbocycles. The van der Waals surface area contributed by atoms with Crippen LogP contribution < -0.4 is 4.74 Å². The predicted molar refractivity (Wildman–Crippen MR) is 75.1 cm³/mol. The fourth-order valence-corrected chi connectivity index (χ4v) is 1.66. The van der Waals surface area contributed by atoms with Gasteiger partial charge < -0.3 is 9.84 Å². The van der Waals surface area contributed by atoms with E-state index in [9.17, 15) is 4.79 Å². The van der Waals surface area contributed by atoms with Crippen molar-refractivity contribution >= 4 is 28.0 Å². The van der Waals surface area contributed by atoms with Crippen LogP contribution in [0.1, 0.15) is 5.56 Å². The second-order valence-corrected chi connectivity index (χ2v) is 4.54. The Morgan fingerprint density at radius 3 is 2.68 bits per heavy atom. The molecule has 2 rings (SSSR count). The number of hydrogen-bond acceptors (Lipinski definition) is 3. The van der Waals surface area contributed by atoms with Crippen LogP contribution in [0.2, 0.25) is 0 Å². The summed E-state index contributed by atoms with van der Waals surface area (Å²) in [5, 5.41) is 8.63. The molecule has 1 heterocycles. The van der Waals surface area contributed by atoms with Crippen LogP contribution in [0, 0.1) is 0 Å². The largest absolute Gasteiger partial charge is 0.478 e. The van der Waals surface area contributed by atoms with Gasteiger partial charge in [0, 0.05) is 22.3 Å². The van der Waals surface area contributed by atoms with Gasteiger partial charge >= 0.3 is 5.97 Å². The Balaban J connectivity index is 2.24. The number of ether oxygens (including phenoxy) is 1. The quantitative estimate of drug-likeness (QED) is 0.872. The van der Waals surface area contributed by atoms with E-state index in [2.05, 4.69) is 20.9 Å². The third kappa shape index (κ3) is 3.93. The number of pyridine rings is 1. The summed E-state index contributed by atoms with van der Waals surface area (Å²) >= 11 is 3.34. The van der Waals surface area contributed by atoms with Crippen LogP contribution in [0.4, 0.5) is 0 Å². The average Bonchev–Trinajstić information content (AvgIpc) is 2.40. The number of carboxylic acids is 1. The standard InChI is InChI=1S/C14H10BrNO3/c15-11-4-6-12(7-5-11)19-14-10(2-1-9-16-14)3-8-13(17)18/h1-9H,(H,17,18)/b8-3+. The van der Waals surface area contributed by atoms with E-state index in [4.69, 9.17) is 9.84 Å². The van der Waals surface area contributed by atoms with Crippen LogP contribution in [0.25, 0.3) is 6.08 Å². The number of rotatable bonds is 4. The molecule has 0 aliphatic heterocycles. The normalized spacial score (nSPS) is 10.6. The predicted octanol–water partition coefficient (Wildman–Crippen LogP) is 3.73. The van der Waals surface area contributed by atoms with Crippen molar-refractivity contribution in [3.63, 3.8) is 0 Å². The Labute approximate surface area is 118 Å². The lowest BCUT2D eigenvalue weighted by Crippen LogP contribution is -1.92. The first-order valence-electron chi connectivity index (χ1n) is 5.44. The molecule has 0 spiro atoms. The van der Waals surface area contributed by atoms with Gasteiger partial charge in [0.25, 0.3) is 0 Å². The second kappa shape index (κ2) is 6.15. The van der Waals surface area contributed by atoms with Crippen LogP contribution in [0.15, 0.2) is 53.1 Å². The highest BCUT2D eigenvalue weighted by molar-refractivity contribution is 9.10. The zero-order valence-electron chi connectivity index (χ0n) is 9.79. The number of benzene rings is 1. The Bertz CT molecular complexity index is 608. The number of carbonyl (C=O) groups is 1. The summed E-state index contributed by atoms with van der Waals surface area (Å²) in [6.45, 7) is 0. The molecule has 0 saturated heterocycles. The number of nitrogens with zero attached hydrogens (tertiary/aromatic N) is 1. The minimum Gasteiger partial charge on any atom is -0.478 e. The third-order valence-corrected chi connectivity index (χ3v) is 2.76. The Hall–Kier alpha value is -2.14. The molecule has 96 valence electrons. The minimum atomic E-state index is -1.02. The van der Waals surface area contributed by atoms with Crippen molar-refractivity contribution < 1.29 is 14.6 Å². The van der Waals surface area contributed by atoms with E-state index in [1.165, 1.54) is 6.08 Å². The van der Waals surface area contributed by atoms with Crippen molar-refractivity contribution in [1.29, 1.82) is 0 Å². The molecular weight excluding hydrogens is 310 g/mol. The van der Waals surface area contributed by atoms with E-state index < -0.39 is 5.97 Å². The molecule has 0 atom stereocenters. The monoisotopic (exact) mass is 319 g/mol. The number of halogens is 1. The van der Waals surface area contributed by atoms with Crippen molar-refractivity contribution in [3.8, 4) is 11.6 Å². The molecule has 1 aromatic heterocycles. The van der Waals surface area contributed by atoms with E-state index in [0.717, 1.165) is 10.5 Å². The molecule has 19 heavy (non-hydrogen) atoms. The molecule has 1 aromatic carbocycles. The molecule has 0 saturated carbocycles. The first kappa shape index (κ1) is 13.3. The Morgan fingerprint density at radius 2 is 2.00 bits per heavy atom. The number of aromatic nitrogens is 1. The smallest absolute Gasteiger partial charge is 0.328 e. The topological polar surface area (TPSA) is 59.4 Å². The Kier molecular flexibility index (Phi) is 4.30. The molecule has 1 N–H and O–H groups in total. The summed E-state index contributed by atoms with van der Waals surface area (Å²) in [5.41, 5.74) is 0.604. The molecule has 0 fully saturated rings. The van der Waals surface area contributed by atoms with Crippen LogP contribution >= 0.6 is 15.9 Å². The molecule has 5 heteroatoms. The van der Waals surface area contributed by atoms with Crippen LogP contribution in [0.3, 0.4) is 0 Å². The van der Waals surface area contributed by atoms with Crippen molar-refractivity contribution in [2.75, 3.05) is 0 Å². The number of hydrogen-bond donors (Lipinski definition) is 1. The van der Waals surface area contributed by atoms with Crippen LogP contribution in [-0.4, -0.2) is 16.1 Å². The van der Waals surface area contributed by atoms with Gasteiger partial charge in [-0.3, -0.25) is 0 Å². The summed E-state index contributed by atoms with van der Waals surface area (Å²) in [6.07, 6.45) is 4.08. The van der Waals surface area contributed by atoms with Crippen LogP contribution in [0.5, 0.6) is 11.6 Å². The summed E-state index contributed by atoms with van der Waals surface area (Å²) in [6, 6.07) is 10.7. The van der Waals surface area contributed by atoms with Gasteiger partial charge in [-0.2, -0.15) is 0 Å². The fraction of sp³-hybridized carbons (Fsp3) is 0. The summed E-state index contributed by atoms with van der Waals surface area (Å²) in [5.74, 6) is -0.0207. The zero-order chi connectivity index (χ0) is 13.7. The molecule has 0 unspecified atom stereocenters. The Morgan fingerprint density at radius 1 is 1.26 bits per heavy atom. The van der Waals surface area contributed by atoms with Gasteiger partial charge in [0.1, 0.15) is 5.75 Å². The van der Waals surface area contributed by atoms with Gasteiger partial charge in [0.15, 0.2) is 0 Å². The number of carboxylic acid groups (broad SMARTS) is 1. The van der Waals surface area contributed by atoms with E-state index in [1.807, 2.05) is 12.1 Å². The molecule has 0 radical (unpaired) electrons. The average molecular weight is 320 g/mol. The van der Waals surface area contributed by atoms with E-state index >= 15 is 0 Å². The van der Waals surface area contributed by atoms with E-state index in [0.29, 0.717) is 17.2 Å². The summed E-state index contributed by atoms with van der Waals surface area (Å²) in [7, 11) is 0. The van der Waals surface area contributed by atoms with Crippen molar-refractivity contribution in [2.24, 2.45) is 0 Å². The first-order chi connectivity index (χ1) is 9.15. The SMILES string of the molecule is O=C(O)/C=C/c1cccnc1Oc1ccc(Br)cc1. The molecule has 0 bridgehead atoms. The lowest BCUT2D eigenvalue weighted by Gasteiger charge is -2.07. The molecule has 0 aliphatic rings. The van der Waals surface area contributed by atoms with Gasteiger partial charge in [-0.15, -0.1) is 0 Å². The summed E-state index contributed by atoms with van der Waals surface area (Å²) < 4.78 is 6.57. The number of aliphatic carboxylic acids is 1. The van der Waals surface area contributed by atoms with E-state index in [1.54, 1.807) is 30.5 Å². The first-order valence-corrected chi connectivity index (χ1v) is 6.24. The molecular formula is C14H10BrNO3. The van der Waals surface area contributed by atoms with Gasteiger partial charge in [-0.05, 0) is 42.5 Å². The summed E-state index contributed by atoms with van der Waals surface area (Å²) in [4.78, 5) is 14.6. The van der Waals surface area contributed by atoms with Crippen molar-refractivity contribution in [1.82, 2.24) is 4.98 Å². The lowest BCUT2D eigenvalue weighted by atomic mass is 10.2.